The van der Waals surface area contributed by atoms with Gasteiger partial charge < -0.3 is 15.2 Å². The van der Waals surface area contributed by atoms with Crippen molar-refractivity contribution in [2.75, 3.05) is 33.4 Å². The molecule has 1 aliphatic rings. The average Bonchev–Trinajstić information content (AvgIpc) is 2.48. The molecule has 0 bridgehead atoms. The fourth-order valence-corrected chi connectivity index (χ4v) is 2.66. The van der Waals surface area contributed by atoms with Gasteiger partial charge in [0.1, 0.15) is 0 Å². The van der Waals surface area contributed by atoms with Crippen LogP contribution in [0.25, 0.3) is 0 Å². The molecule has 2 rings (SSSR count). The van der Waals surface area contributed by atoms with E-state index in [4.69, 9.17) is 15.2 Å². The van der Waals surface area contributed by atoms with Crippen LogP contribution >= 0.6 is 0 Å². The summed E-state index contributed by atoms with van der Waals surface area (Å²) >= 11 is 0. The van der Waals surface area contributed by atoms with E-state index in [9.17, 15) is 4.39 Å². The molecule has 112 valence electrons. The lowest BCUT2D eigenvalue weighted by Gasteiger charge is -2.37. The topological polar surface area (TPSA) is 47.7 Å². The van der Waals surface area contributed by atoms with Crippen molar-refractivity contribution in [3.05, 3.63) is 29.6 Å². The molecule has 1 fully saturated rings. The molecule has 0 amide bonds. The van der Waals surface area contributed by atoms with E-state index < -0.39 is 0 Å². The normalized spacial score (nSPS) is 21.7. The van der Waals surface area contributed by atoms with Gasteiger partial charge >= 0.3 is 0 Å². The first kappa shape index (κ1) is 15.2. The van der Waals surface area contributed by atoms with Crippen molar-refractivity contribution in [2.45, 2.75) is 25.5 Å². The molecule has 0 radical (unpaired) electrons. The van der Waals surface area contributed by atoms with Crippen LogP contribution in [0.5, 0.6) is 5.75 Å². The van der Waals surface area contributed by atoms with Gasteiger partial charge in [0.25, 0.3) is 0 Å². The molecule has 5 heteroatoms. The predicted molar refractivity (Wildman–Crippen MR) is 76.4 cm³/mol. The number of nitrogens with zero attached hydrogens (tertiary/aromatic N) is 1. The molecule has 2 unspecified atom stereocenters. The van der Waals surface area contributed by atoms with E-state index in [2.05, 4.69) is 11.8 Å². The highest BCUT2D eigenvalue weighted by Crippen LogP contribution is 2.26. The smallest absolute Gasteiger partial charge is 0.165 e. The van der Waals surface area contributed by atoms with E-state index in [0.717, 1.165) is 25.1 Å². The number of halogens is 1. The van der Waals surface area contributed by atoms with E-state index in [1.807, 2.05) is 6.07 Å². The van der Waals surface area contributed by atoms with Crippen molar-refractivity contribution in [2.24, 2.45) is 5.73 Å². The second-order valence-corrected chi connectivity index (χ2v) is 5.04. The van der Waals surface area contributed by atoms with Crippen LogP contribution in [0, 0.1) is 5.82 Å². The van der Waals surface area contributed by atoms with Gasteiger partial charge in [0.2, 0.25) is 0 Å². The van der Waals surface area contributed by atoms with Gasteiger partial charge in [-0.3, -0.25) is 4.90 Å². The Morgan fingerprint density at radius 2 is 2.35 bits per heavy atom. The second kappa shape index (κ2) is 7.02. The number of ether oxygens (including phenoxy) is 2. The second-order valence-electron chi connectivity index (χ2n) is 5.04. The number of nitrogens with two attached hydrogens (primary N) is 1. The summed E-state index contributed by atoms with van der Waals surface area (Å²) in [6, 6.07) is 5.08. The van der Waals surface area contributed by atoms with Gasteiger partial charge in [-0.2, -0.15) is 0 Å². The molecule has 1 heterocycles. The first-order valence-corrected chi connectivity index (χ1v) is 7.08. The third-order valence-electron chi connectivity index (χ3n) is 3.85. The van der Waals surface area contributed by atoms with Gasteiger partial charge in [0, 0.05) is 25.7 Å². The Morgan fingerprint density at radius 3 is 2.95 bits per heavy atom. The van der Waals surface area contributed by atoms with E-state index in [1.165, 1.54) is 13.2 Å². The van der Waals surface area contributed by atoms with Gasteiger partial charge in [0.15, 0.2) is 11.6 Å². The summed E-state index contributed by atoms with van der Waals surface area (Å²) in [6.45, 7) is 4.94. The summed E-state index contributed by atoms with van der Waals surface area (Å²) < 4.78 is 24.5. The highest BCUT2D eigenvalue weighted by Gasteiger charge is 2.26. The molecule has 1 aromatic rings. The third kappa shape index (κ3) is 3.29. The Morgan fingerprint density at radius 1 is 1.55 bits per heavy atom. The maximum absolute atomic E-state index is 13.8. The van der Waals surface area contributed by atoms with Crippen LogP contribution in [0.2, 0.25) is 0 Å². The summed E-state index contributed by atoms with van der Waals surface area (Å²) in [5, 5.41) is 0. The molecule has 0 spiro atoms. The molecule has 0 aromatic heterocycles. The molecule has 4 nitrogen and oxygen atoms in total. The number of rotatable bonds is 5. The Hall–Kier alpha value is -1.17. The summed E-state index contributed by atoms with van der Waals surface area (Å²) in [5.41, 5.74) is 6.80. The van der Waals surface area contributed by atoms with Gasteiger partial charge in [-0.05, 0) is 24.1 Å². The lowest BCUT2D eigenvalue weighted by molar-refractivity contribution is -0.0437. The highest BCUT2D eigenvalue weighted by molar-refractivity contribution is 5.31. The molecule has 1 saturated heterocycles. The Bertz CT molecular complexity index is 442. The average molecular weight is 282 g/mol. The minimum Gasteiger partial charge on any atom is -0.494 e. The molecular weight excluding hydrogens is 259 g/mol. The Labute approximate surface area is 119 Å². The molecule has 0 saturated carbocycles. The van der Waals surface area contributed by atoms with E-state index in [0.29, 0.717) is 13.2 Å². The van der Waals surface area contributed by atoms with Crippen molar-refractivity contribution >= 4 is 0 Å². The van der Waals surface area contributed by atoms with Crippen LogP contribution < -0.4 is 10.5 Å². The van der Waals surface area contributed by atoms with E-state index >= 15 is 0 Å². The summed E-state index contributed by atoms with van der Waals surface area (Å²) in [5.74, 6) is -0.0818. The van der Waals surface area contributed by atoms with Crippen LogP contribution in [0.15, 0.2) is 18.2 Å². The first-order valence-electron chi connectivity index (χ1n) is 7.08. The maximum Gasteiger partial charge on any atom is 0.165 e. The third-order valence-corrected chi connectivity index (χ3v) is 3.85. The molecular formula is C15H23FN2O2. The van der Waals surface area contributed by atoms with E-state index in [1.54, 1.807) is 6.07 Å². The van der Waals surface area contributed by atoms with Crippen molar-refractivity contribution in [1.82, 2.24) is 4.90 Å². The minimum absolute atomic E-state index is 0.0216. The summed E-state index contributed by atoms with van der Waals surface area (Å²) in [4.78, 5) is 2.28. The molecule has 2 N–H and O–H groups in total. The first-order chi connectivity index (χ1) is 9.69. The number of hydrogen-bond donors (Lipinski definition) is 1. The number of methoxy groups -OCH3 is 1. The zero-order valence-corrected chi connectivity index (χ0v) is 12.1. The quantitative estimate of drug-likeness (QED) is 0.896. The van der Waals surface area contributed by atoms with Crippen LogP contribution in [0.3, 0.4) is 0 Å². The van der Waals surface area contributed by atoms with Gasteiger partial charge in [-0.1, -0.05) is 13.0 Å². The Balaban J connectivity index is 2.16. The van der Waals surface area contributed by atoms with Crippen molar-refractivity contribution < 1.29 is 13.9 Å². The minimum atomic E-state index is -0.344. The molecule has 1 aliphatic heterocycles. The van der Waals surface area contributed by atoms with Crippen LogP contribution in [-0.2, 0) is 4.74 Å². The number of morpholine rings is 1. The molecule has 0 aliphatic carbocycles. The maximum atomic E-state index is 13.8. The monoisotopic (exact) mass is 282 g/mol. The van der Waals surface area contributed by atoms with Crippen molar-refractivity contribution in [3.8, 4) is 5.75 Å². The molecule has 1 aromatic carbocycles. The largest absolute Gasteiger partial charge is 0.494 e. The standard InChI is InChI=1S/C15H23FN2O2/c1-3-12-10-18(6-7-20-12)14(9-17)11-4-5-15(19-2)13(16)8-11/h4-5,8,12,14H,3,6-7,9-10,17H2,1-2H3. The van der Waals surface area contributed by atoms with Crippen LogP contribution in [-0.4, -0.2) is 44.4 Å². The van der Waals surface area contributed by atoms with Crippen LogP contribution in [0.1, 0.15) is 24.9 Å². The summed E-state index contributed by atoms with van der Waals surface area (Å²) in [7, 11) is 1.46. The lowest BCUT2D eigenvalue weighted by atomic mass is 10.0. The summed E-state index contributed by atoms with van der Waals surface area (Å²) in [6.07, 6.45) is 1.21. The fraction of sp³-hybridized carbons (Fsp3) is 0.600. The Kier molecular flexibility index (Phi) is 5.34. The predicted octanol–water partition coefficient (Wildman–Crippen LogP) is 1.94. The van der Waals surface area contributed by atoms with Gasteiger partial charge in [0.05, 0.1) is 19.8 Å². The SMILES string of the molecule is CCC1CN(C(CN)c2ccc(OC)c(F)c2)CCO1. The number of hydrogen-bond acceptors (Lipinski definition) is 4. The van der Waals surface area contributed by atoms with Crippen molar-refractivity contribution in [3.63, 3.8) is 0 Å². The lowest BCUT2D eigenvalue weighted by Crippen LogP contribution is -2.46. The number of benzene rings is 1. The van der Waals surface area contributed by atoms with Gasteiger partial charge in [-0.15, -0.1) is 0 Å². The van der Waals surface area contributed by atoms with Gasteiger partial charge in [-0.25, -0.2) is 4.39 Å². The highest BCUT2D eigenvalue weighted by atomic mass is 19.1. The molecule has 2 atom stereocenters. The van der Waals surface area contributed by atoms with E-state index in [-0.39, 0.29) is 23.7 Å². The van der Waals surface area contributed by atoms with Crippen molar-refractivity contribution in [1.29, 1.82) is 0 Å². The zero-order valence-electron chi connectivity index (χ0n) is 12.1. The zero-order chi connectivity index (χ0) is 14.5. The fourth-order valence-electron chi connectivity index (χ4n) is 2.66. The molecule has 20 heavy (non-hydrogen) atoms. The van der Waals surface area contributed by atoms with Crippen LogP contribution in [0.4, 0.5) is 4.39 Å².